The van der Waals surface area contributed by atoms with Crippen LogP contribution >= 0.6 is 0 Å². The predicted molar refractivity (Wildman–Crippen MR) is 168 cm³/mol. The zero-order chi connectivity index (χ0) is 31.5. The summed E-state index contributed by atoms with van der Waals surface area (Å²) >= 11 is 0. The number of methoxy groups -OCH3 is 1. The van der Waals surface area contributed by atoms with Crippen molar-refractivity contribution in [2.45, 2.75) is 37.2 Å². The van der Waals surface area contributed by atoms with Gasteiger partial charge in [0, 0.05) is 25.1 Å². The number of benzene rings is 4. The summed E-state index contributed by atoms with van der Waals surface area (Å²) in [6, 6.07) is 28.4. The van der Waals surface area contributed by atoms with Crippen LogP contribution in [-0.2, 0) is 32.6 Å². The van der Waals surface area contributed by atoms with Crippen LogP contribution in [0, 0.1) is 5.82 Å². The van der Waals surface area contributed by atoms with Gasteiger partial charge in [-0.15, -0.1) is 0 Å². The summed E-state index contributed by atoms with van der Waals surface area (Å²) < 4.78 is 49.6. The first kappa shape index (κ1) is 32.2. The average molecular weight is 618 g/mol. The lowest BCUT2D eigenvalue weighted by Crippen LogP contribution is -2.53. The van der Waals surface area contributed by atoms with Crippen LogP contribution in [0.5, 0.6) is 5.75 Å². The molecule has 4 rings (SSSR count). The molecule has 8 nitrogen and oxygen atoms in total. The smallest absolute Gasteiger partial charge is 0.264 e. The van der Waals surface area contributed by atoms with E-state index in [1.165, 1.54) is 42.3 Å². The minimum absolute atomic E-state index is 0.0270. The van der Waals surface area contributed by atoms with Gasteiger partial charge in [0.05, 0.1) is 17.7 Å². The van der Waals surface area contributed by atoms with E-state index in [1.807, 2.05) is 37.3 Å². The maximum absolute atomic E-state index is 15.0. The number of hydrogen-bond acceptors (Lipinski definition) is 5. The number of carbonyl (C=O) groups is 2. The van der Waals surface area contributed by atoms with Gasteiger partial charge in [0.15, 0.2) is 0 Å². The molecule has 0 unspecified atom stereocenters. The van der Waals surface area contributed by atoms with Crippen molar-refractivity contribution in [2.24, 2.45) is 0 Å². The van der Waals surface area contributed by atoms with Crippen LogP contribution in [0.4, 0.5) is 10.1 Å². The summed E-state index contributed by atoms with van der Waals surface area (Å²) in [7, 11) is -2.87. The van der Waals surface area contributed by atoms with E-state index in [1.54, 1.807) is 48.5 Å². The summed E-state index contributed by atoms with van der Waals surface area (Å²) in [5.41, 5.74) is 1.12. The second-order valence-electron chi connectivity index (χ2n) is 10.1. The Balaban J connectivity index is 1.82. The maximum Gasteiger partial charge on any atom is 0.264 e. The van der Waals surface area contributed by atoms with Gasteiger partial charge in [-0.25, -0.2) is 12.8 Å². The Hall–Kier alpha value is -4.70. The molecule has 0 heterocycles. The van der Waals surface area contributed by atoms with E-state index in [4.69, 9.17) is 4.74 Å². The molecular weight excluding hydrogens is 581 g/mol. The van der Waals surface area contributed by atoms with Crippen LogP contribution in [0.15, 0.2) is 114 Å². The van der Waals surface area contributed by atoms with Crippen molar-refractivity contribution >= 4 is 27.5 Å². The molecular formula is C34H36FN3O5S. The number of halogens is 1. The number of rotatable bonds is 14. The molecule has 4 aromatic carbocycles. The summed E-state index contributed by atoms with van der Waals surface area (Å²) in [5.74, 6) is -1.42. The molecule has 0 aliphatic heterocycles. The first-order valence-corrected chi connectivity index (χ1v) is 15.8. The molecule has 0 bridgehead atoms. The number of amides is 2. The van der Waals surface area contributed by atoms with Crippen molar-refractivity contribution in [1.82, 2.24) is 10.2 Å². The van der Waals surface area contributed by atoms with Gasteiger partial charge in [0.25, 0.3) is 10.0 Å². The summed E-state index contributed by atoms with van der Waals surface area (Å²) in [5, 5.41) is 2.87. The molecule has 0 saturated carbocycles. The summed E-state index contributed by atoms with van der Waals surface area (Å²) in [6.45, 7) is 1.36. The number of sulfonamides is 1. The molecule has 44 heavy (non-hydrogen) atoms. The fourth-order valence-corrected chi connectivity index (χ4v) is 6.24. The Morgan fingerprint density at radius 2 is 1.48 bits per heavy atom. The summed E-state index contributed by atoms with van der Waals surface area (Å²) in [6.07, 6.45) is 0.804. The van der Waals surface area contributed by atoms with Gasteiger partial charge in [0.2, 0.25) is 11.8 Å². The van der Waals surface area contributed by atoms with Crippen molar-refractivity contribution in [3.63, 3.8) is 0 Å². The fourth-order valence-electron chi connectivity index (χ4n) is 4.80. The van der Waals surface area contributed by atoms with E-state index in [-0.39, 0.29) is 34.9 Å². The quantitative estimate of drug-likeness (QED) is 0.210. The van der Waals surface area contributed by atoms with Crippen molar-refractivity contribution < 1.29 is 27.1 Å². The number of nitrogens with one attached hydrogen (secondary N) is 1. The van der Waals surface area contributed by atoms with Crippen molar-refractivity contribution in [3.8, 4) is 5.75 Å². The third kappa shape index (κ3) is 7.82. The molecule has 230 valence electrons. The lowest BCUT2D eigenvalue weighted by molar-refractivity contribution is -0.140. The van der Waals surface area contributed by atoms with Gasteiger partial charge in [0.1, 0.15) is 24.2 Å². The fraction of sp³-hybridized carbons (Fsp3) is 0.235. The van der Waals surface area contributed by atoms with Crippen LogP contribution in [-0.4, -0.2) is 51.4 Å². The molecule has 0 aliphatic rings. The number of nitrogens with zero attached hydrogens (tertiary/aromatic N) is 2. The first-order valence-electron chi connectivity index (χ1n) is 14.3. The highest BCUT2D eigenvalue weighted by Gasteiger charge is 2.35. The van der Waals surface area contributed by atoms with Gasteiger partial charge in [-0.1, -0.05) is 85.8 Å². The Morgan fingerprint density at radius 1 is 0.864 bits per heavy atom. The van der Waals surface area contributed by atoms with Gasteiger partial charge in [-0.2, -0.15) is 0 Å². The molecule has 2 amide bonds. The van der Waals surface area contributed by atoms with Gasteiger partial charge in [-0.05, 0) is 42.3 Å². The number of ether oxygens (including phenoxy) is 1. The molecule has 0 saturated heterocycles. The van der Waals surface area contributed by atoms with E-state index >= 15 is 0 Å². The lowest BCUT2D eigenvalue weighted by atomic mass is 10.0. The molecule has 0 spiro atoms. The minimum atomic E-state index is -4.28. The van der Waals surface area contributed by atoms with E-state index < -0.39 is 40.2 Å². The van der Waals surface area contributed by atoms with Crippen LogP contribution in [0.3, 0.4) is 0 Å². The number of para-hydroxylation sites is 2. The third-order valence-electron chi connectivity index (χ3n) is 7.08. The molecule has 0 aliphatic carbocycles. The number of anilines is 1. The zero-order valence-electron chi connectivity index (χ0n) is 24.7. The van der Waals surface area contributed by atoms with E-state index in [0.717, 1.165) is 9.87 Å². The zero-order valence-corrected chi connectivity index (χ0v) is 25.5. The normalized spacial score (nSPS) is 11.8. The van der Waals surface area contributed by atoms with Crippen LogP contribution in [0.1, 0.15) is 24.5 Å². The monoisotopic (exact) mass is 617 g/mol. The van der Waals surface area contributed by atoms with Crippen LogP contribution in [0.25, 0.3) is 0 Å². The molecule has 10 heteroatoms. The minimum Gasteiger partial charge on any atom is -0.495 e. The van der Waals surface area contributed by atoms with E-state index in [0.29, 0.717) is 13.0 Å². The van der Waals surface area contributed by atoms with E-state index in [2.05, 4.69) is 5.32 Å². The van der Waals surface area contributed by atoms with Crippen molar-refractivity contribution in [1.29, 1.82) is 0 Å². The molecule has 0 fully saturated rings. The first-order chi connectivity index (χ1) is 21.3. The predicted octanol–water partition coefficient (Wildman–Crippen LogP) is 5.20. The van der Waals surface area contributed by atoms with Gasteiger partial charge in [-0.3, -0.25) is 13.9 Å². The van der Waals surface area contributed by atoms with Gasteiger partial charge < -0.3 is 15.0 Å². The largest absolute Gasteiger partial charge is 0.495 e. The standard InChI is InChI=1S/C34H36FN3O5S/c1-3-22-36-34(40)31(23-26-14-6-4-7-15-26)37(24-27-16-10-11-19-29(27)35)33(39)25-38(30-20-12-13-21-32(30)43-2)44(41,42)28-17-8-5-9-18-28/h4-21,31H,3,22-25H2,1-2H3,(H,36,40)/t31-/m1/s1. The highest BCUT2D eigenvalue weighted by Crippen LogP contribution is 2.32. The SMILES string of the molecule is CCCNC(=O)[C@@H](Cc1ccccc1)N(Cc1ccccc1F)C(=O)CN(c1ccccc1OC)S(=O)(=O)c1ccccc1. The number of hydrogen-bond donors (Lipinski definition) is 1. The van der Waals surface area contributed by atoms with Crippen molar-refractivity contribution in [3.05, 3.63) is 126 Å². The molecule has 0 radical (unpaired) electrons. The Kier molecular flexibility index (Phi) is 11.1. The molecule has 1 N–H and O–H groups in total. The second-order valence-corrected chi connectivity index (χ2v) is 12.0. The second kappa shape index (κ2) is 15.2. The maximum atomic E-state index is 15.0. The number of carbonyl (C=O) groups excluding carboxylic acids is 2. The molecule has 4 aromatic rings. The Labute approximate surface area is 258 Å². The Morgan fingerprint density at radius 3 is 2.14 bits per heavy atom. The van der Waals surface area contributed by atoms with Crippen LogP contribution < -0.4 is 14.4 Å². The summed E-state index contributed by atoms with van der Waals surface area (Å²) in [4.78, 5) is 29.3. The van der Waals surface area contributed by atoms with Gasteiger partial charge >= 0.3 is 0 Å². The topological polar surface area (TPSA) is 96.0 Å². The van der Waals surface area contributed by atoms with E-state index in [9.17, 15) is 22.4 Å². The molecule has 0 aromatic heterocycles. The lowest BCUT2D eigenvalue weighted by Gasteiger charge is -2.34. The highest BCUT2D eigenvalue weighted by molar-refractivity contribution is 7.92. The highest BCUT2D eigenvalue weighted by atomic mass is 32.2. The third-order valence-corrected chi connectivity index (χ3v) is 8.86. The van der Waals surface area contributed by atoms with Crippen molar-refractivity contribution in [2.75, 3.05) is 24.5 Å². The average Bonchev–Trinajstić information content (AvgIpc) is 3.05. The van der Waals surface area contributed by atoms with Crippen LogP contribution in [0.2, 0.25) is 0 Å². The molecule has 1 atom stereocenters. The Bertz CT molecular complexity index is 1650.